The number of methoxy groups -OCH3 is 1. The summed E-state index contributed by atoms with van der Waals surface area (Å²) in [6.07, 6.45) is 0. The third-order valence-corrected chi connectivity index (χ3v) is 2.04. The summed E-state index contributed by atoms with van der Waals surface area (Å²) in [5, 5.41) is 6.06. The minimum Gasteiger partial charge on any atom is -0.467 e. The first-order chi connectivity index (χ1) is 8.05. The molecule has 0 saturated carbocycles. The molecule has 1 unspecified atom stereocenters. The quantitative estimate of drug-likeness (QED) is 0.740. The predicted molar refractivity (Wildman–Crippen MR) is 67.6 cm³/mol. The first-order valence-electron chi connectivity index (χ1n) is 5.44. The van der Waals surface area contributed by atoms with Gasteiger partial charge in [-0.05, 0) is 21.0 Å². The molecule has 0 aromatic carbocycles. The molecule has 7 nitrogen and oxygen atoms in total. The van der Waals surface area contributed by atoms with Crippen molar-refractivity contribution in [3.05, 3.63) is 0 Å². The normalized spacial score (nSPS) is 12.4. The van der Waals surface area contributed by atoms with Gasteiger partial charge in [0.15, 0.2) is 0 Å². The molecule has 0 aliphatic rings. The van der Waals surface area contributed by atoms with Crippen LogP contribution >= 0.6 is 0 Å². The van der Waals surface area contributed by atoms with Crippen LogP contribution in [0.15, 0.2) is 0 Å². The van der Waals surface area contributed by atoms with Gasteiger partial charge in [-0.3, -0.25) is 0 Å². The van der Waals surface area contributed by atoms with Crippen molar-refractivity contribution in [3.63, 3.8) is 0 Å². The number of hydrogen-bond acceptors (Lipinski definition) is 7. The Morgan fingerprint density at radius 2 is 1.88 bits per heavy atom. The summed E-state index contributed by atoms with van der Waals surface area (Å²) in [6, 6.07) is 0.533. The van der Waals surface area contributed by atoms with Crippen molar-refractivity contribution in [2.45, 2.75) is 13.0 Å². The lowest BCUT2D eigenvalue weighted by atomic mass is 10.3. The van der Waals surface area contributed by atoms with Crippen molar-refractivity contribution in [2.75, 3.05) is 45.4 Å². The van der Waals surface area contributed by atoms with Crippen LogP contribution < -0.4 is 15.4 Å². The van der Waals surface area contributed by atoms with E-state index >= 15 is 0 Å². The number of aromatic nitrogens is 3. The molecule has 0 saturated heterocycles. The Morgan fingerprint density at radius 1 is 1.24 bits per heavy atom. The predicted octanol–water partition coefficient (Wildman–Crippen LogP) is 0.284. The highest BCUT2D eigenvalue weighted by Crippen LogP contribution is 2.10. The molecule has 0 aliphatic heterocycles. The summed E-state index contributed by atoms with van der Waals surface area (Å²) in [5.74, 6) is 0.993. The van der Waals surface area contributed by atoms with Gasteiger partial charge in [-0.1, -0.05) is 0 Å². The Bertz CT molecular complexity index is 334. The first-order valence-corrected chi connectivity index (χ1v) is 5.44. The van der Waals surface area contributed by atoms with E-state index in [1.165, 1.54) is 7.11 Å². The van der Waals surface area contributed by atoms with Crippen LogP contribution in [0, 0.1) is 0 Å². The van der Waals surface area contributed by atoms with E-state index in [1.54, 1.807) is 7.05 Å². The van der Waals surface area contributed by atoms with E-state index in [0.717, 1.165) is 6.54 Å². The highest BCUT2D eigenvalue weighted by atomic mass is 16.5. The topological polar surface area (TPSA) is 75.2 Å². The van der Waals surface area contributed by atoms with E-state index in [0.29, 0.717) is 17.9 Å². The number of hydrogen-bond donors (Lipinski definition) is 2. The lowest BCUT2D eigenvalue weighted by molar-refractivity contribution is 0.377. The Morgan fingerprint density at radius 3 is 2.41 bits per heavy atom. The maximum atomic E-state index is 5.01. The molecule has 0 spiro atoms. The molecule has 1 aromatic rings. The molecule has 7 heteroatoms. The molecule has 2 N–H and O–H groups in total. The van der Waals surface area contributed by atoms with Crippen LogP contribution in [0.5, 0.6) is 6.01 Å². The minimum absolute atomic E-state index is 0.238. The molecule has 1 heterocycles. The van der Waals surface area contributed by atoms with Gasteiger partial charge in [0.1, 0.15) is 0 Å². The van der Waals surface area contributed by atoms with Crippen molar-refractivity contribution >= 4 is 11.9 Å². The molecule has 1 atom stereocenters. The average molecular weight is 240 g/mol. The second-order valence-electron chi connectivity index (χ2n) is 4.03. The fourth-order valence-corrected chi connectivity index (χ4v) is 1.44. The Kier molecular flexibility index (Phi) is 4.89. The lowest BCUT2D eigenvalue weighted by Crippen LogP contribution is -2.30. The van der Waals surface area contributed by atoms with Gasteiger partial charge in [-0.15, -0.1) is 0 Å². The van der Waals surface area contributed by atoms with E-state index < -0.39 is 0 Å². The highest BCUT2D eigenvalue weighted by molar-refractivity contribution is 5.35. The van der Waals surface area contributed by atoms with Gasteiger partial charge in [-0.2, -0.15) is 15.0 Å². The largest absolute Gasteiger partial charge is 0.467 e. The van der Waals surface area contributed by atoms with Crippen molar-refractivity contribution in [1.29, 1.82) is 0 Å². The number of anilines is 2. The second kappa shape index (κ2) is 6.19. The standard InChI is InChI=1S/C10H20N6O/c1-7(6-16(3)4)12-9-13-8(11-2)14-10(15-9)17-5/h7H,6H2,1-5H3,(H2,11,12,13,14,15). The Hall–Kier alpha value is -1.63. The number of nitrogens with zero attached hydrogens (tertiary/aromatic N) is 4. The van der Waals surface area contributed by atoms with Crippen LogP contribution in [0.2, 0.25) is 0 Å². The second-order valence-corrected chi connectivity index (χ2v) is 4.03. The summed E-state index contributed by atoms with van der Waals surface area (Å²) < 4.78 is 5.01. The summed E-state index contributed by atoms with van der Waals surface area (Å²) >= 11 is 0. The third kappa shape index (κ3) is 4.39. The van der Waals surface area contributed by atoms with Crippen LogP contribution in [-0.4, -0.2) is 60.7 Å². The zero-order valence-electron chi connectivity index (χ0n) is 11.0. The molecular weight excluding hydrogens is 220 g/mol. The maximum absolute atomic E-state index is 5.01. The molecule has 0 radical (unpaired) electrons. The van der Waals surface area contributed by atoms with E-state index in [4.69, 9.17) is 4.74 Å². The SMILES string of the molecule is CNc1nc(NC(C)CN(C)C)nc(OC)n1. The van der Waals surface area contributed by atoms with Gasteiger partial charge >= 0.3 is 6.01 Å². The van der Waals surface area contributed by atoms with E-state index in [1.807, 2.05) is 14.1 Å². The van der Waals surface area contributed by atoms with E-state index in [-0.39, 0.29) is 6.04 Å². The lowest BCUT2D eigenvalue weighted by Gasteiger charge is -2.18. The Balaban J connectivity index is 2.75. The summed E-state index contributed by atoms with van der Waals surface area (Å²) in [4.78, 5) is 14.5. The fraction of sp³-hybridized carbons (Fsp3) is 0.700. The molecule has 0 aliphatic carbocycles. The molecule has 0 amide bonds. The monoisotopic (exact) mass is 240 g/mol. The van der Waals surface area contributed by atoms with Gasteiger partial charge in [0.2, 0.25) is 11.9 Å². The van der Waals surface area contributed by atoms with Gasteiger partial charge in [-0.25, -0.2) is 0 Å². The minimum atomic E-state index is 0.238. The van der Waals surface area contributed by atoms with E-state index in [9.17, 15) is 0 Å². The zero-order chi connectivity index (χ0) is 12.8. The molecule has 1 rings (SSSR count). The number of ether oxygens (including phenoxy) is 1. The fourth-order valence-electron chi connectivity index (χ4n) is 1.44. The van der Waals surface area contributed by atoms with Crippen molar-refractivity contribution < 1.29 is 4.74 Å². The molecule has 17 heavy (non-hydrogen) atoms. The van der Waals surface area contributed by atoms with Gasteiger partial charge in [0.05, 0.1) is 7.11 Å². The Labute approximate surface area is 102 Å². The third-order valence-electron chi connectivity index (χ3n) is 2.04. The summed E-state index contributed by atoms with van der Waals surface area (Å²) in [7, 11) is 7.32. The summed E-state index contributed by atoms with van der Waals surface area (Å²) in [5.41, 5.74) is 0. The smallest absolute Gasteiger partial charge is 0.322 e. The molecule has 0 bridgehead atoms. The van der Waals surface area contributed by atoms with Crippen molar-refractivity contribution in [2.24, 2.45) is 0 Å². The average Bonchev–Trinajstić information content (AvgIpc) is 2.27. The van der Waals surface area contributed by atoms with Crippen LogP contribution in [0.25, 0.3) is 0 Å². The molecule has 96 valence electrons. The number of likely N-dealkylation sites (N-methyl/N-ethyl adjacent to an activating group) is 1. The van der Waals surface area contributed by atoms with Crippen LogP contribution in [0.4, 0.5) is 11.9 Å². The van der Waals surface area contributed by atoms with Crippen LogP contribution in [0.1, 0.15) is 6.92 Å². The van der Waals surface area contributed by atoms with Gasteiger partial charge in [0, 0.05) is 19.6 Å². The van der Waals surface area contributed by atoms with Crippen LogP contribution in [0.3, 0.4) is 0 Å². The summed E-state index contributed by atoms with van der Waals surface area (Å²) in [6.45, 7) is 2.96. The zero-order valence-corrected chi connectivity index (χ0v) is 11.0. The van der Waals surface area contributed by atoms with Crippen molar-refractivity contribution in [1.82, 2.24) is 19.9 Å². The van der Waals surface area contributed by atoms with E-state index in [2.05, 4.69) is 37.4 Å². The molecular formula is C10H20N6O. The highest BCUT2D eigenvalue weighted by Gasteiger charge is 2.09. The maximum Gasteiger partial charge on any atom is 0.322 e. The molecule has 1 aromatic heterocycles. The van der Waals surface area contributed by atoms with Crippen molar-refractivity contribution in [3.8, 4) is 6.01 Å². The van der Waals surface area contributed by atoms with Gasteiger partial charge < -0.3 is 20.3 Å². The van der Waals surface area contributed by atoms with Gasteiger partial charge in [0.25, 0.3) is 0 Å². The first kappa shape index (κ1) is 13.4. The number of rotatable bonds is 6. The van der Waals surface area contributed by atoms with Crippen LogP contribution in [-0.2, 0) is 0 Å². The number of nitrogens with one attached hydrogen (secondary N) is 2. The molecule has 0 fully saturated rings.